The van der Waals surface area contributed by atoms with Gasteiger partial charge < -0.3 is 14.6 Å². The molecule has 1 atom stereocenters. The van der Waals surface area contributed by atoms with Crippen LogP contribution < -0.4 is 10.1 Å². The van der Waals surface area contributed by atoms with Gasteiger partial charge in [-0.2, -0.15) is 4.98 Å². The van der Waals surface area contributed by atoms with Gasteiger partial charge in [-0.05, 0) is 43.9 Å². The van der Waals surface area contributed by atoms with Crippen molar-refractivity contribution >= 4 is 5.91 Å². The summed E-state index contributed by atoms with van der Waals surface area (Å²) in [7, 11) is 0. The molecule has 1 aromatic heterocycles. The van der Waals surface area contributed by atoms with Crippen molar-refractivity contribution in [3.63, 3.8) is 0 Å². The first-order valence-corrected chi connectivity index (χ1v) is 9.78. The minimum absolute atomic E-state index is 0.149. The molecular weight excluding hydrogens is 366 g/mol. The van der Waals surface area contributed by atoms with Crippen LogP contribution in [0.5, 0.6) is 5.75 Å². The molecule has 0 saturated carbocycles. The second kappa shape index (κ2) is 8.90. The van der Waals surface area contributed by atoms with E-state index < -0.39 is 6.10 Å². The predicted molar refractivity (Wildman–Crippen MR) is 112 cm³/mol. The van der Waals surface area contributed by atoms with Crippen LogP contribution in [0, 0.1) is 13.8 Å². The van der Waals surface area contributed by atoms with E-state index in [9.17, 15) is 4.79 Å². The molecule has 0 saturated heterocycles. The van der Waals surface area contributed by atoms with Gasteiger partial charge in [0.25, 0.3) is 5.91 Å². The molecule has 6 nitrogen and oxygen atoms in total. The molecule has 3 rings (SSSR count). The lowest BCUT2D eigenvalue weighted by atomic mass is 10.0. The second-order valence-corrected chi connectivity index (χ2v) is 7.55. The highest BCUT2D eigenvalue weighted by molar-refractivity contribution is 5.80. The summed E-state index contributed by atoms with van der Waals surface area (Å²) >= 11 is 0. The van der Waals surface area contributed by atoms with Crippen LogP contribution >= 0.6 is 0 Å². The highest BCUT2D eigenvalue weighted by Gasteiger charge is 2.18. The Morgan fingerprint density at radius 3 is 2.45 bits per heavy atom. The third-order valence-corrected chi connectivity index (χ3v) is 4.66. The van der Waals surface area contributed by atoms with Crippen molar-refractivity contribution in [2.45, 2.75) is 53.2 Å². The van der Waals surface area contributed by atoms with E-state index in [-0.39, 0.29) is 12.5 Å². The molecule has 0 bridgehead atoms. The van der Waals surface area contributed by atoms with Crippen LogP contribution in [0.3, 0.4) is 0 Å². The minimum Gasteiger partial charge on any atom is -0.481 e. The van der Waals surface area contributed by atoms with E-state index in [1.807, 2.05) is 56.3 Å². The Hall–Kier alpha value is -3.15. The Balaban J connectivity index is 1.60. The number of hydrogen-bond donors (Lipinski definition) is 1. The normalized spacial score (nSPS) is 12.1. The predicted octanol–water partition coefficient (Wildman–Crippen LogP) is 4.56. The van der Waals surface area contributed by atoms with Gasteiger partial charge in [0.1, 0.15) is 5.75 Å². The van der Waals surface area contributed by atoms with Gasteiger partial charge in [-0.15, -0.1) is 0 Å². The standard InChI is InChI=1S/C23H27N3O3/c1-14(2)19-11-8-16(4)12-20(19)28-17(5)23(27)24-13-21-25-22(26-29-21)18-9-6-15(3)7-10-18/h6-12,14,17H,13H2,1-5H3,(H,24,27). The summed E-state index contributed by atoms with van der Waals surface area (Å²) in [6.45, 7) is 10.1. The maximum absolute atomic E-state index is 12.5. The van der Waals surface area contributed by atoms with Gasteiger partial charge in [0.2, 0.25) is 11.7 Å². The van der Waals surface area contributed by atoms with E-state index in [2.05, 4.69) is 29.3 Å². The third kappa shape index (κ3) is 5.22. The highest BCUT2D eigenvalue weighted by atomic mass is 16.5. The zero-order valence-electron chi connectivity index (χ0n) is 17.5. The van der Waals surface area contributed by atoms with Gasteiger partial charge in [-0.25, -0.2) is 0 Å². The molecule has 1 N–H and O–H groups in total. The summed E-state index contributed by atoms with van der Waals surface area (Å²) in [4.78, 5) is 16.8. The fourth-order valence-corrected chi connectivity index (χ4v) is 2.92. The van der Waals surface area contributed by atoms with Crippen LogP contribution in [0.15, 0.2) is 47.0 Å². The maximum Gasteiger partial charge on any atom is 0.261 e. The fourth-order valence-electron chi connectivity index (χ4n) is 2.92. The van der Waals surface area contributed by atoms with Crippen molar-refractivity contribution in [1.82, 2.24) is 15.5 Å². The van der Waals surface area contributed by atoms with E-state index in [0.29, 0.717) is 17.6 Å². The minimum atomic E-state index is -0.645. The quantitative estimate of drug-likeness (QED) is 0.637. The lowest BCUT2D eigenvalue weighted by Gasteiger charge is -2.19. The van der Waals surface area contributed by atoms with Gasteiger partial charge in [0.05, 0.1) is 6.54 Å². The molecule has 2 aromatic carbocycles. The van der Waals surface area contributed by atoms with Gasteiger partial charge in [-0.1, -0.05) is 61.0 Å². The molecule has 0 aliphatic carbocycles. The largest absolute Gasteiger partial charge is 0.481 e. The number of rotatable bonds is 7. The number of amides is 1. The molecule has 0 aliphatic rings. The van der Waals surface area contributed by atoms with E-state index in [1.54, 1.807) is 6.92 Å². The first-order chi connectivity index (χ1) is 13.8. The molecule has 0 aliphatic heterocycles. The Bertz CT molecular complexity index is 977. The molecule has 0 spiro atoms. The van der Waals surface area contributed by atoms with E-state index in [0.717, 1.165) is 28.0 Å². The first-order valence-electron chi connectivity index (χ1n) is 9.78. The number of aryl methyl sites for hydroxylation is 2. The average molecular weight is 393 g/mol. The molecule has 3 aromatic rings. The molecule has 1 unspecified atom stereocenters. The molecule has 0 radical (unpaired) electrons. The van der Waals surface area contributed by atoms with Crippen LogP contribution in [0.2, 0.25) is 0 Å². The van der Waals surface area contributed by atoms with Crippen LogP contribution in [0.1, 0.15) is 49.3 Å². The van der Waals surface area contributed by atoms with Crippen LogP contribution in [-0.2, 0) is 11.3 Å². The molecule has 1 heterocycles. The smallest absolute Gasteiger partial charge is 0.261 e. The van der Waals surface area contributed by atoms with Gasteiger partial charge in [-0.3, -0.25) is 4.79 Å². The summed E-state index contributed by atoms with van der Waals surface area (Å²) in [5.74, 6) is 1.65. The topological polar surface area (TPSA) is 77.2 Å². The zero-order valence-corrected chi connectivity index (χ0v) is 17.5. The van der Waals surface area contributed by atoms with Crippen molar-refractivity contribution in [2.75, 3.05) is 0 Å². The summed E-state index contributed by atoms with van der Waals surface area (Å²) < 4.78 is 11.2. The molecule has 6 heteroatoms. The number of carbonyl (C=O) groups excluding carboxylic acids is 1. The van der Waals surface area contributed by atoms with E-state index in [1.165, 1.54) is 0 Å². The van der Waals surface area contributed by atoms with Crippen LogP contribution in [0.4, 0.5) is 0 Å². The van der Waals surface area contributed by atoms with Gasteiger partial charge in [0.15, 0.2) is 6.10 Å². The number of hydrogen-bond acceptors (Lipinski definition) is 5. The monoisotopic (exact) mass is 393 g/mol. The zero-order chi connectivity index (χ0) is 21.0. The lowest BCUT2D eigenvalue weighted by molar-refractivity contribution is -0.127. The van der Waals surface area contributed by atoms with Crippen molar-refractivity contribution in [3.05, 3.63) is 65.0 Å². The molecule has 0 fully saturated rings. The van der Waals surface area contributed by atoms with Crippen LogP contribution in [0.25, 0.3) is 11.4 Å². The molecular formula is C23H27N3O3. The van der Waals surface area contributed by atoms with E-state index >= 15 is 0 Å². The number of nitrogens with zero attached hydrogens (tertiary/aromatic N) is 2. The summed E-state index contributed by atoms with van der Waals surface area (Å²) in [5.41, 5.74) is 4.20. The summed E-state index contributed by atoms with van der Waals surface area (Å²) in [5, 5.41) is 6.77. The van der Waals surface area contributed by atoms with Crippen molar-refractivity contribution in [2.24, 2.45) is 0 Å². The third-order valence-electron chi connectivity index (χ3n) is 4.66. The Labute approximate surface area is 171 Å². The Kier molecular flexibility index (Phi) is 6.32. The van der Waals surface area contributed by atoms with Gasteiger partial charge >= 0.3 is 0 Å². The number of ether oxygens (including phenoxy) is 1. The first kappa shape index (κ1) is 20.6. The Morgan fingerprint density at radius 1 is 1.07 bits per heavy atom. The Morgan fingerprint density at radius 2 is 1.76 bits per heavy atom. The fraction of sp³-hybridized carbons (Fsp3) is 0.348. The number of aromatic nitrogens is 2. The van der Waals surface area contributed by atoms with Crippen molar-refractivity contribution < 1.29 is 14.1 Å². The average Bonchev–Trinajstić information content (AvgIpc) is 3.15. The second-order valence-electron chi connectivity index (χ2n) is 7.55. The van der Waals surface area contributed by atoms with Crippen molar-refractivity contribution in [1.29, 1.82) is 0 Å². The molecule has 152 valence electrons. The highest BCUT2D eigenvalue weighted by Crippen LogP contribution is 2.28. The van der Waals surface area contributed by atoms with Gasteiger partial charge in [0, 0.05) is 5.56 Å². The number of benzene rings is 2. The van der Waals surface area contributed by atoms with E-state index in [4.69, 9.17) is 9.26 Å². The maximum atomic E-state index is 12.5. The number of carbonyl (C=O) groups is 1. The van der Waals surface area contributed by atoms with Crippen molar-refractivity contribution in [3.8, 4) is 17.1 Å². The summed E-state index contributed by atoms with van der Waals surface area (Å²) in [6, 6.07) is 13.9. The molecule has 29 heavy (non-hydrogen) atoms. The SMILES string of the molecule is Cc1ccc(-c2noc(CNC(=O)C(C)Oc3cc(C)ccc3C(C)C)n2)cc1. The number of nitrogens with one attached hydrogen (secondary N) is 1. The summed E-state index contributed by atoms with van der Waals surface area (Å²) in [6.07, 6.45) is -0.645. The lowest BCUT2D eigenvalue weighted by Crippen LogP contribution is -2.36. The van der Waals surface area contributed by atoms with Crippen LogP contribution in [-0.4, -0.2) is 22.2 Å². The molecule has 1 amide bonds.